The van der Waals surface area contributed by atoms with Crippen LogP contribution in [0.25, 0.3) is 11.3 Å². The van der Waals surface area contributed by atoms with E-state index in [-0.39, 0.29) is 0 Å². The van der Waals surface area contributed by atoms with E-state index in [9.17, 15) is 0 Å². The molecule has 4 heteroatoms. The van der Waals surface area contributed by atoms with Crippen molar-refractivity contribution in [1.29, 1.82) is 5.26 Å². The van der Waals surface area contributed by atoms with Gasteiger partial charge in [0.25, 0.3) is 0 Å². The Hall–Kier alpha value is -2.28. The highest BCUT2D eigenvalue weighted by atomic mass is 16.5. The first-order chi connectivity index (χ1) is 9.60. The van der Waals surface area contributed by atoms with Gasteiger partial charge in [-0.3, -0.25) is 0 Å². The number of aryl methyl sites for hydroxylation is 1. The van der Waals surface area contributed by atoms with Crippen LogP contribution in [-0.2, 0) is 11.8 Å². The number of fused-ring (bicyclic) bond motifs is 1. The second-order valence-electron chi connectivity index (χ2n) is 5.66. The number of aromatic nitrogens is 2. The molecule has 0 bridgehead atoms. The second-order valence-corrected chi connectivity index (χ2v) is 5.66. The molecular weight excluding hydrogens is 250 g/mol. The molecule has 0 fully saturated rings. The van der Waals surface area contributed by atoms with Crippen LogP contribution in [0.3, 0.4) is 0 Å². The number of H-pyrrole nitrogens is 1. The number of rotatable bonds is 2. The van der Waals surface area contributed by atoms with Gasteiger partial charge in [0.15, 0.2) is 0 Å². The zero-order valence-electron chi connectivity index (χ0n) is 11.7. The number of hydrogen-bond acceptors (Lipinski definition) is 3. The van der Waals surface area contributed by atoms with E-state index in [1.807, 2.05) is 26.0 Å². The molecule has 0 aliphatic carbocycles. The lowest BCUT2D eigenvalue weighted by atomic mass is 9.95. The maximum Gasteiger partial charge on any atom is 0.126 e. The molecule has 4 nitrogen and oxygen atoms in total. The molecule has 0 saturated heterocycles. The van der Waals surface area contributed by atoms with Crippen molar-refractivity contribution in [3.8, 4) is 23.1 Å². The Morgan fingerprint density at radius 1 is 1.40 bits per heavy atom. The lowest BCUT2D eigenvalue weighted by molar-refractivity contribution is 0.288. The van der Waals surface area contributed by atoms with Crippen LogP contribution < -0.4 is 4.74 Å². The number of imidazole rings is 1. The van der Waals surface area contributed by atoms with Crippen LogP contribution in [0.2, 0.25) is 0 Å². The maximum absolute atomic E-state index is 9.16. The molecule has 2 aromatic rings. The fraction of sp³-hybridized carbons (Fsp3) is 0.375. The molecule has 2 heterocycles. The number of benzene rings is 1. The molecule has 0 amide bonds. The Balaban J connectivity index is 1.96. The van der Waals surface area contributed by atoms with Crippen LogP contribution in [0.4, 0.5) is 0 Å². The number of hydrogen-bond donors (Lipinski definition) is 1. The minimum Gasteiger partial charge on any atom is -0.493 e. The van der Waals surface area contributed by atoms with Gasteiger partial charge in [0.2, 0.25) is 0 Å². The zero-order valence-corrected chi connectivity index (χ0v) is 11.7. The van der Waals surface area contributed by atoms with Crippen molar-refractivity contribution in [2.75, 3.05) is 6.61 Å². The normalized spacial score (nSPS) is 14.2. The van der Waals surface area contributed by atoms with Gasteiger partial charge in [-0.05, 0) is 50.5 Å². The Kier molecular flexibility index (Phi) is 2.98. The third-order valence-electron chi connectivity index (χ3n) is 3.67. The first-order valence-electron chi connectivity index (χ1n) is 6.83. The standard InChI is InChI=1S/C16H17N3O/c1-16(2,10-17)15-18-9-13(19-15)11-5-6-14-12(8-11)4-3-7-20-14/h5-6,8-9H,3-4,7H2,1-2H3,(H,18,19). The van der Waals surface area contributed by atoms with Crippen LogP contribution in [0.1, 0.15) is 31.7 Å². The highest BCUT2D eigenvalue weighted by Gasteiger charge is 2.23. The summed E-state index contributed by atoms with van der Waals surface area (Å²) in [5.41, 5.74) is 2.66. The summed E-state index contributed by atoms with van der Waals surface area (Å²) < 4.78 is 5.62. The maximum atomic E-state index is 9.16. The highest BCUT2D eigenvalue weighted by molar-refractivity contribution is 5.62. The van der Waals surface area contributed by atoms with E-state index < -0.39 is 5.41 Å². The summed E-state index contributed by atoms with van der Waals surface area (Å²) in [6.07, 6.45) is 3.90. The molecule has 1 aromatic carbocycles. The van der Waals surface area contributed by atoms with E-state index in [1.165, 1.54) is 5.56 Å². The van der Waals surface area contributed by atoms with Gasteiger partial charge in [-0.25, -0.2) is 4.98 Å². The summed E-state index contributed by atoms with van der Waals surface area (Å²) in [7, 11) is 0. The van der Waals surface area contributed by atoms with Crippen molar-refractivity contribution < 1.29 is 4.74 Å². The molecule has 1 N–H and O–H groups in total. The first-order valence-corrected chi connectivity index (χ1v) is 6.83. The van der Waals surface area contributed by atoms with Crippen LogP contribution in [-0.4, -0.2) is 16.6 Å². The van der Waals surface area contributed by atoms with Gasteiger partial charge in [-0.2, -0.15) is 5.26 Å². The average molecular weight is 267 g/mol. The molecular formula is C16H17N3O. The molecule has 0 saturated carbocycles. The van der Waals surface area contributed by atoms with E-state index in [4.69, 9.17) is 10.00 Å². The van der Waals surface area contributed by atoms with E-state index >= 15 is 0 Å². The Bertz CT molecular complexity index is 679. The summed E-state index contributed by atoms with van der Waals surface area (Å²) >= 11 is 0. The SMILES string of the molecule is CC(C)(C#N)c1ncc(-c2ccc3c(c2)CCCO3)[nH]1. The third kappa shape index (κ3) is 2.16. The lowest BCUT2D eigenvalue weighted by Crippen LogP contribution is -2.15. The van der Waals surface area contributed by atoms with Gasteiger partial charge in [0.1, 0.15) is 17.0 Å². The van der Waals surface area contributed by atoms with Gasteiger partial charge in [-0.1, -0.05) is 0 Å². The van der Waals surface area contributed by atoms with Gasteiger partial charge >= 0.3 is 0 Å². The molecule has 20 heavy (non-hydrogen) atoms. The summed E-state index contributed by atoms with van der Waals surface area (Å²) in [4.78, 5) is 7.59. The second kappa shape index (κ2) is 4.68. The van der Waals surface area contributed by atoms with Gasteiger partial charge in [-0.15, -0.1) is 0 Å². The summed E-state index contributed by atoms with van der Waals surface area (Å²) in [6, 6.07) is 8.44. The Labute approximate surface area is 118 Å². The number of ether oxygens (including phenoxy) is 1. The fourth-order valence-electron chi connectivity index (χ4n) is 2.37. The third-order valence-corrected chi connectivity index (χ3v) is 3.67. The smallest absolute Gasteiger partial charge is 0.126 e. The molecule has 1 aliphatic rings. The van der Waals surface area contributed by atoms with Gasteiger partial charge < -0.3 is 9.72 Å². The van der Waals surface area contributed by atoms with Crippen molar-refractivity contribution >= 4 is 0 Å². The molecule has 0 radical (unpaired) electrons. The predicted molar refractivity (Wildman–Crippen MR) is 76.5 cm³/mol. The van der Waals surface area contributed by atoms with Crippen molar-refractivity contribution in [1.82, 2.24) is 9.97 Å². The van der Waals surface area contributed by atoms with Crippen molar-refractivity contribution in [2.24, 2.45) is 0 Å². The minimum absolute atomic E-state index is 0.602. The minimum atomic E-state index is -0.602. The summed E-state index contributed by atoms with van der Waals surface area (Å²) in [5.74, 6) is 1.68. The van der Waals surface area contributed by atoms with Gasteiger partial charge in [0, 0.05) is 5.56 Å². The average Bonchev–Trinajstić information content (AvgIpc) is 2.97. The number of nitriles is 1. The van der Waals surface area contributed by atoms with E-state index in [1.54, 1.807) is 6.20 Å². The van der Waals surface area contributed by atoms with E-state index in [0.29, 0.717) is 5.82 Å². The number of nitrogens with one attached hydrogen (secondary N) is 1. The summed E-state index contributed by atoms with van der Waals surface area (Å²) in [6.45, 7) is 4.52. The largest absolute Gasteiger partial charge is 0.493 e. The Morgan fingerprint density at radius 3 is 3.05 bits per heavy atom. The lowest BCUT2D eigenvalue weighted by Gasteiger charge is -2.17. The van der Waals surface area contributed by atoms with Crippen molar-refractivity contribution in [3.63, 3.8) is 0 Å². The quantitative estimate of drug-likeness (QED) is 0.908. The molecule has 0 atom stereocenters. The molecule has 1 aliphatic heterocycles. The van der Waals surface area contributed by atoms with Gasteiger partial charge in [0.05, 0.1) is 24.6 Å². The number of nitrogens with zero attached hydrogens (tertiary/aromatic N) is 2. The molecule has 1 aromatic heterocycles. The van der Waals surface area contributed by atoms with Crippen LogP contribution in [0.15, 0.2) is 24.4 Å². The molecule has 3 rings (SSSR count). The topological polar surface area (TPSA) is 61.7 Å². The van der Waals surface area contributed by atoms with E-state index in [0.717, 1.165) is 36.5 Å². The highest BCUT2D eigenvalue weighted by Crippen LogP contribution is 2.30. The summed E-state index contributed by atoms with van der Waals surface area (Å²) in [5, 5.41) is 9.16. The molecule has 0 unspecified atom stereocenters. The fourth-order valence-corrected chi connectivity index (χ4v) is 2.37. The predicted octanol–water partition coefficient (Wildman–Crippen LogP) is 3.20. The number of aromatic amines is 1. The van der Waals surface area contributed by atoms with Crippen LogP contribution in [0.5, 0.6) is 5.75 Å². The van der Waals surface area contributed by atoms with E-state index in [2.05, 4.69) is 22.1 Å². The first kappa shape index (κ1) is 12.7. The van der Waals surface area contributed by atoms with Crippen molar-refractivity contribution in [2.45, 2.75) is 32.1 Å². The van der Waals surface area contributed by atoms with Crippen LogP contribution >= 0.6 is 0 Å². The van der Waals surface area contributed by atoms with Crippen molar-refractivity contribution in [3.05, 3.63) is 35.8 Å². The van der Waals surface area contributed by atoms with Crippen LogP contribution in [0, 0.1) is 11.3 Å². The molecule has 0 spiro atoms. The Morgan fingerprint density at radius 2 is 2.25 bits per heavy atom. The zero-order chi connectivity index (χ0) is 14.2. The monoisotopic (exact) mass is 267 g/mol. The molecule has 102 valence electrons.